The second-order valence-electron chi connectivity index (χ2n) is 1.95. The zero-order valence-corrected chi connectivity index (χ0v) is 4.76. The Morgan fingerprint density at radius 2 is 2.56 bits per heavy atom. The van der Waals surface area contributed by atoms with Crippen molar-refractivity contribution in [2.24, 2.45) is 0 Å². The van der Waals surface area contributed by atoms with Gasteiger partial charge in [0.2, 0.25) is 0 Å². The van der Waals surface area contributed by atoms with Crippen LogP contribution < -0.4 is 5.06 Å². The van der Waals surface area contributed by atoms with Gasteiger partial charge in [0, 0.05) is 0 Å². The monoisotopic (exact) mass is 129 g/mol. The average Bonchev–Trinajstić information content (AvgIpc) is 2.14. The summed E-state index contributed by atoms with van der Waals surface area (Å²) in [6, 6.07) is 0. The van der Waals surface area contributed by atoms with E-state index in [9.17, 15) is 10.0 Å². The van der Waals surface area contributed by atoms with Gasteiger partial charge in [-0.15, -0.1) is 0 Å². The molecule has 0 fully saturated rings. The van der Waals surface area contributed by atoms with Crippen LogP contribution in [0, 0.1) is 5.21 Å². The maximum Gasteiger partial charge on any atom is 0.337 e. The molecule has 50 valence electrons. The quantitative estimate of drug-likeness (QED) is 0.419. The molecule has 0 aromatic heterocycles. The highest BCUT2D eigenvalue weighted by atomic mass is 16.5. The summed E-state index contributed by atoms with van der Waals surface area (Å²) in [6.07, 6.45) is 1.46. The molecule has 0 bridgehead atoms. The molecular formula is C5H7NO3. The molecule has 0 saturated carbocycles. The minimum Gasteiger partial charge on any atom is -0.634 e. The molecule has 0 aromatic carbocycles. The standard InChI is InChI=1S/C5H7NO3/c7-5(8)4-1-2-6(9)3-4/h1,6H,2-3H2,(H,7,8). The number of aliphatic carboxylic acids is 1. The van der Waals surface area contributed by atoms with Crippen LogP contribution in [0.15, 0.2) is 11.6 Å². The summed E-state index contributed by atoms with van der Waals surface area (Å²) < 4.78 is 0. The molecule has 0 aliphatic carbocycles. The van der Waals surface area contributed by atoms with E-state index >= 15 is 0 Å². The summed E-state index contributed by atoms with van der Waals surface area (Å²) in [7, 11) is 0. The Morgan fingerprint density at radius 3 is 2.78 bits per heavy atom. The van der Waals surface area contributed by atoms with Crippen molar-refractivity contribution < 1.29 is 15.0 Å². The summed E-state index contributed by atoms with van der Waals surface area (Å²) in [4.78, 5) is 10.1. The highest BCUT2D eigenvalue weighted by molar-refractivity contribution is 5.87. The molecule has 9 heavy (non-hydrogen) atoms. The minimum atomic E-state index is -0.971. The molecule has 4 heteroatoms. The Labute approximate surface area is 52.0 Å². The van der Waals surface area contributed by atoms with Crippen LogP contribution in [0.1, 0.15) is 0 Å². The second kappa shape index (κ2) is 2.16. The maximum absolute atomic E-state index is 10.4. The van der Waals surface area contributed by atoms with E-state index in [4.69, 9.17) is 5.11 Å². The fourth-order valence-electron chi connectivity index (χ4n) is 0.757. The number of carboxylic acid groups (broad SMARTS) is 1. The molecular weight excluding hydrogens is 122 g/mol. The van der Waals surface area contributed by atoms with E-state index in [1.807, 2.05) is 0 Å². The van der Waals surface area contributed by atoms with Gasteiger partial charge in [-0.1, -0.05) is 0 Å². The SMILES string of the molecule is O=C(O)C1=CC[NH+]([O-])C1. The zero-order valence-electron chi connectivity index (χ0n) is 4.76. The zero-order chi connectivity index (χ0) is 6.85. The first-order valence-corrected chi connectivity index (χ1v) is 2.64. The van der Waals surface area contributed by atoms with Crippen molar-refractivity contribution in [1.82, 2.24) is 0 Å². The van der Waals surface area contributed by atoms with Crippen LogP contribution in [0.5, 0.6) is 0 Å². The first-order valence-electron chi connectivity index (χ1n) is 2.64. The number of carboxylic acids is 1. The smallest absolute Gasteiger partial charge is 0.337 e. The molecule has 1 aliphatic heterocycles. The second-order valence-corrected chi connectivity index (χ2v) is 1.95. The third-order valence-corrected chi connectivity index (χ3v) is 1.24. The summed E-state index contributed by atoms with van der Waals surface area (Å²) in [5.74, 6) is -0.971. The topological polar surface area (TPSA) is 64.8 Å². The van der Waals surface area contributed by atoms with Gasteiger partial charge in [-0.05, 0) is 6.08 Å². The highest BCUT2D eigenvalue weighted by Gasteiger charge is 2.16. The van der Waals surface area contributed by atoms with Gasteiger partial charge in [0.25, 0.3) is 0 Å². The van der Waals surface area contributed by atoms with Gasteiger partial charge in [0.15, 0.2) is 0 Å². The van der Waals surface area contributed by atoms with E-state index in [0.717, 1.165) is 0 Å². The van der Waals surface area contributed by atoms with Crippen LogP contribution in [0.4, 0.5) is 0 Å². The molecule has 1 atom stereocenters. The number of rotatable bonds is 1. The Kier molecular flexibility index (Phi) is 1.50. The molecule has 0 aromatic rings. The van der Waals surface area contributed by atoms with E-state index < -0.39 is 5.97 Å². The molecule has 0 amide bonds. The third-order valence-electron chi connectivity index (χ3n) is 1.24. The fraction of sp³-hybridized carbons (Fsp3) is 0.400. The molecule has 2 N–H and O–H groups in total. The Balaban J connectivity index is 2.55. The van der Waals surface area contributed by atoms with Crippen molar-refractivity contribution in [3.63, 3.8) is 0 Å². The predicted molar refractivity (Wildman–Crippen MR) is 29.8 cm³/mol. The molecule has 1 unspecified atom stereocenters. The minimum absolute atomic E-state index is 0.00704. The number of hydrogen-bond donors (Lipinski definition) is 2. The molecule has 1 rings (SSSR count). The van der Waals surface area contributed by atoms with Crippen molar-refractivity contribution >= 4 is 5.97 Å². The van der Waals surface area contributed by atoms with E-state index in [-0.39, 0.29) is 17.2 Å². The third kappa shape index (κ3) is 1.28. The predicted octanol–water partition coefficient (Wildman–Crippen LogP) is -1.61. The van der Waals surface area contributed by atoms with Crippen LogP contribution in [-0.4, -0.2) is 24.2 Å². The van der Waals surface area contributed by atoms with Crippen molar-refractivity contribution in [1.29, 1.82) is 0 Å². The Bertz CT molecular complexity index is 164. The summed E-state index contributed by atoms with van der Waals surface area (Å²) in [5, 5.41) is 18.7. The van der Waals surface area contributed by atoms with Gasteiger partial charge in [-0.3, -0.25) is 0 Å². The Morgan fingerprint density at radius 1 is 1.89 bits per heavy atom. The van der Waals surface area contributed by atoms with Crippen molar-refractivity contribution in [3.8, 4) is 0 Å². The molecule has 0 radical (unpaired) electrons. The summed E-state index contributed by atoms with van der Waals surface area (Å²) in [5.41, 5.74) is 0.236. The van der Waals surface area contributed by atoms with Crippen LogP contribution in [0.2, 0.25) is 0 Å². The van der Waals surface area contributed by atoms with E-state index in [1.54, 1.807) is 0 Å². The van der Waals surface area contributed by atoms with Gasteiger partial charge in [0.1, 0.15) is 6.54 Å². The molecule has 1 heterocycles. The lowest BCUT2D eigenvalue weighted by Crippen LogP contribution is -3.05. The number of hydroxylamine groups is 2. The summed E-state index contributed by atoms with van der Waals surface area (Å²) in [6.45, 7) is 0.400. The molecule has 0 spiro atoms. The first kappa shape index (κ1) is 6.25. The van der Waals surface area contributed by atoms with Crippen LogP contribution in [0.25, 0.3) is 0 Å². The average molecular weight is 129 g/mol. The van der Waals surface area contributed by atoms with Gasteiger partial charge in [-0.25, -0.2) is 4.79 Å². The maximum atomic E-state index is 10.4. The molecule has 0 saturated heterocycles. The van der Waals surface area contributed by atoms with Crippen LogP contribution >= 0.6 is 0 Å². The first-order chi connectivity index (χ1) is 4.20. The lowest BCUT2D eigenvalue weighted by Gasteiger charge is -2.13. The van der Waals surface area contributed by atoms with E-state index in [2.05, 4.69) is 0 Å². The lowest BCUT2D eigenvalue weighted by atomic mass is 10.3. The number of hydrogen-bond acceptors (Lipinski definition) is 2. The Hall–Kier alpha value is -0.870. The number of quaternary nitrogens is 1. The van der Waals surface area contributed by atoms with Crippen LogP contribution in [-0.2, 0) is 4.79 Å². The van der Waals surface area contributed by atoms with E-state index in [1.165, 1.54) is 6.08 Å². The highest BCUT2D eigenvalue weighted by Crippen LogP contribution is 1.92. The van der Waals surface area contributed by atoms with E-state index in [0.29, 0.717) is 6.54 Å². The van der Waals surface area contributed by atoms with Gasteiger partial charge < -0.3 is 15.4 Å². The van der Waals surface area contributed by atoms with Gasteiger partial charge in [-0.2, -0.15) is 0 Å². The van der Waals surface area contributed by atoms with Gasteiger partial charge >= 0.3 is 5.97 Å². The normalized spacial score (nSPS) is 25.9. The molecule has 1 aliphatic rings. The van der Waals surface area contributed by atoms with Gasteiger partial charge in [0.05, 0.1) is 12.1 Å². The number of nitrogens with one attached hydrogen (secondary N) is 1. The molecule has 4 nitrogen and oxygen atoms in total. The van der Waals surface area contributed by atoms with Crippen LogP contribution in [0.3, 0.4) is 0 Å². The van der Waals surface area contributed by atoms with Crippen molar-refractivity contribution in [2.75, 3.05) is 13.1 Å². The summed E-state index contributed by atoms with van der Waals surface area (Å²) >= 11 is 0. The number of carbonyl (C=O) groups is 1. The fourth-order valence-corrected chi connectivity index (χ4v) is 0.757. The van der Waals surface area contributed by atoms with Crippen molar-refractivity contribution in [2.45, 2.75) is 0 Å². The largest absolute Gasteiger partial charge is 0.634 e. The lowest BCUT2D eigenvalue weighted by molar-refractivity contribution is -0.829. The van der Waals surface area contributed by atoms with Crippen molar-refractivity contribution in [3.05, 3.63) is 16.9 Å².